The van der Waals surface area contributed by atoms with Crippen LogP contribution in [0.25, 0.3) is 21.9 Å². The number of hydrogen-bond acceptors (Lipinski definition) is 0. The average Bonchev–Trinajstić information content (AvgIpc) is 2.77. The fraction of sp³-hybridized carbons (Fsp3) is 0.0588. The van der Waals surface area contributed by atoms with Gasteiger partial charge in [0.2, 0.25) is 0 Å². The van der Waals surface area contributed by atoms with E-state index in [-0.39, 0.29) is 0 Å². The highest BCUT2D eigenvalue weighted by atomic mass is 14.2. The molecule has 1 aliphatic rings. The molecule has 0 amide bonds. The summed E-state index contributed by atoms with van der Waals surface area (Å²) in [6.07, 6.45) is 1.07. The van der Waals surface area contributed by atoms with Crippen molar-refractivity contribution in [3.05, 3.63) is 71.8 Å². The van der Waals surface area contributed by atoms with Gasteiger partial charge in [-0.2, -0.15) is 0 Å². The number of benzene rings is 3. The first-order valence-electron chi connectivity index (χ1n) is 5.94. The normalized spacial score (nSPS) is 12.5. The fourth-order valence-electron chi connectivity index (χ4n) is 2.83. The SMILES string of the molecule is [c]1cccc2c3c(ccc12)Cc1ccccc1-3. The molecule has 0 heterocycles. The van der Waals surface area contributed by atoms with Crippen LogP contribution in [0.2, 0.25) is 0 Å². The lowest BCUT2D eigenvalue weighted by molar-refractivity contribution is 1.27. The third-order valence-corrected chi connectivity index (χ3v) is 3.60. The van der Waals surface area contributed by atoms with Gasteiger partial charge in [0.15, 0.2) is 0 Å². The van der Waals surface area contributed by atoms with Gasteiger partial charge in [-0.15, -0.1) is 0 Å². The molecule has 79 valence electrons. The van der Waals surface area contributed by atoms with Gasteiger partial charge in [0.1, 0.15) is 0 Å². The molecule has 0 unspecified atom stereocenters. The van der Waals surface area contributed by atoms with E-state index in [0.29, 0.717) is 0 Å². The van der Waals surface area contributed by atoms with Crippen LogP contribution in [0.3, 0.4) is 0 Å². The predicted molar refractivity (Wildman–Crippen MR) is 71.0 cm³/mol. The summed E-state index contributed by atoms with van der Waals surface area (Å²) in [5, 5.41) is 2.54. The third kappa shape index (κ3) is 1.18. The molecule has 1 radical (unpaired) electrons. The van der Waals surface area contributed by atoms with Crippen LogP contribution in [0, 0.1) is 6.07 Å². The summed E-state index contributed by atoms with van der Waals surface area (Å²) in [5.41, 5.74) is 5.69. The highest BCUT2D eigenvalue weighted by Gasteiger charge is 2.19. The molecule has 0 aromatic heterocycles. The lowest BCUT2D eigenvalue weighted by Gasteiger charge is -2.05. The van der Waals surface area contributed by atoms with Crippen LogP contribution < -0.4 is 0 Å². The van der Waals surface area contributed by atoms with Crippen molar-refractivity contribution in [1.82, 2.24) is 0 Å². The maximum Gasteiger partial charge on any atom is -0.00132 e. The Hall–Kier alpha value is -2.08. The lowest BCUT2D eigenvalue weighted by Crippen LogP contribution is -1.82. The molecule has 0 spiro atoms. The molecule has 0 aliphatic heterocycles. The number of fused-ring (bicyclic) bond motifs is 5. The van der Waals surface area contributed by atoms with Crippen molar-refractivity contribution in [1.29, 1.82) is 0 Å². The molecule has 0 N–H and O–H groups in total. The molecule has 0 saturated carbocycles. The molecule has 0 atom stereocenters. The predicted octanol–water partition coefficient (Wildman–Crippen LogP) is 4.21. The van der Waals surface area contributed by atoms with E-state index < -0.39 is 0 Å². The quantitative estimate of drug-likeness (QED) is 0.412. The standard InChI is InChI=1S/C17H11/c1-3-7-15-12(5-1)9-10-14-11-13-6-2-4-8-16(13)17(14)15/h1-4,6-10H,11H2. The van der Waals surface area contributed by atoms with Crippen molar-refractivity contribution in [2.75, 3.05) is 0 Å². The minimum absolute atomic E-state index is 1.07. The van der Waals surface area contributed by atoms with E-state index >= 15 is 0 Å². The van der Waals surface area contributed by atoms with Crippen molar-refractivity contribution < 1.29 is 0 Å². The molecule has 4 rings (SSSR count). The van der Waals surface area contributed by atoms with E-state index in [1.165, 1.54) is 33.0 Å². The van der Waals surface area contributed by atoms with E-state index in [2.05, 4.69) is 54.6 Å². The topological polar surface area (TPSA) is 0 Å². The van der Waals surface area contributed by atoms with Crippen LogP contribution in [-0.4, -0.2) is 0 Å². The van der Waals surface area contributed by atoms with Crippen LogP contribution in [0.1, 0.15) is 11.1 Å². The maximum atomic E-state index is 3.31. The van der Waals surface area contributed by atoms with Crippen LogP contribution >= 0.6 is 0 Å². The van der Waals surface area contributed by atoms with E-state index in [9.17, 15) is 0 Å². The van der Waals surface area contributed by atoms with E-state index in [1.54, 1.807) is 0 Å². The molecule has 1 aliphatic carbocycles. The molecule has 3 aromatic rings. The molecule has 3 aromatic carbocycles. The minimum Gasteiger partial charge on any atom is -0.0619 e. The molecule has 0 saturated heterocycles. The van der Waals surface area contributed by atoms with Crippen LogP contribution in [-0.2, 0) is 6.42 Å². The van der Waals surface area contributed by atoms with E-state index in [0.717, 1.165) is 6.42 Å². The summed E-state index contributed by atoms with van der Waals surface area (Å²) in [4.78, 5) is 0. The second kappa shape index (κ2) is 3.21. The fourth-order valence-corrected chi connectivity index (χ4v) is 2.83. The van der Waals surface area contributed by atoms with Crippen molar-refractivity contribution in [3.63, 3.8) is 0 Å². The lowest BCUT2D eigenvalue weighted by atomic mass is 9.98. The van der Waals surface area contributed by atoms with Gasteiger partial charge in [0, 0.05) is 0 Å². The number of rotatable bonds is 0. The van der Waals surface area contributed by atoms with Gasteiger partial charge < -0.3 is 0 Å². The highest BCUT2D eigenvalue weighted by Crippen LogP contribution is 2.40. The third-order valence-electron chi connectivity index (χ3n) is 3.60. The Bertz CT molecular complexity index is 723. The largest absolute Gasteiger partial charge is 0.0619 e. The zero-order valence-electron chi connectivity index (χ0n) is 9.40. The smallest absolute Gasteiger partial charge is 0.00132 e. The monoisotopic (exact) mass is 215 g/mol. The minimum atomic E-state index is 1.07. The van der Waals surface area contributed by atoms with E-state index in [4.69, 9.17) is 0 Å². The Morgan fingerprint density at radius 1 is 0.824 bits per heavy atom. The van der Waals surface area contributed by atoms with Crippen molar-refractivity contribution >= 4 is 10.8 Å². The van der Waals surface area contributed by atoms with Gasteiger partial charge in [0.05, 0.1) is 0 Å². The second-order valence-electron chi connectivity index (χ2n) is 4.56. The Morgan fingerprint density at radius 2 is 1.76 bits per heavy atom. The summed E-state index contributed by atoms with van der Waals surface area (Å²) in [7, 11) is 0. The highest BCUT2D eigenvalue weighted by molar-refractivity contribution is 6.00. The van der Waals surface area contributed by atoms with Gasteiger partial charge >= 0.3 is 0 Å². The van der Waals surface area contributed by atoms with Gasteiger partial charge in [-0.05, 0) is 45.5 Å². The first-order chi connectivity index (χ1) is 8.43. The molecular formula is C17H11. The summed E-state index contributed by atoms with van der Waals surface area (Å²) < 4.78 is 0. The van der Waals surface area contributed by atoms with E-state index in [1.807, 2.05) is 6.07 Å². The van der Waals surface area contributed by atoms with Crippen molar-refractivity contribution in [3.8, 4) is 11.1 Å². The van der Waals surface area contributed by atoms with Gasteiger partial charge in [-0.1, -0.05) is 54.6 Å². The second-order valence-corrected chi connectivity index (χ2v) is 4.56. The van der Waals surface area contributed by atoms with Gasteiger partial charge in [-0.25, -0.2) is 0 Å². The summed E-state index contributed by atoms with van der Waals surface area (Å²) in [6, 6.07) is 22.7. The van der Waals surface area contributed by atoms with Crippen molar-refractivity contribution in [2.24, 2.45) is 0 Å². The van der Waals surface area contributed by atoms with Crippen LogP contribution in [0.4, 0.5) is 0 Å². The molecule has 17 heavy (non-hydrogen) atoms. The zero-order chi connectivity index (χ0) is 11.2. The summed E-state index contributed by atoms with van der Waals surface area (Å²) in [5.74, 6) is 0. The first kappa shape index (κ1) is 9.00. The first-order valence-corrected chi connectivity index (χ1v) is 5.94. The Morgan fingerprint density at radius 3 is 2.76 bits per heavy atom. The molecular weight excluding hydrogens is 204 g/mol. The summed E-state index contributed by atoms with van der Waals surface area (Å²) in [6.45, 7) is 0. The summed E-state index contributed by atoms with van der Waals surface area (Å²) >= 11 is 0. The van der Waals surface area contributed by atoms with Crippen molar-refractivity contribution in [2.45, 2.75) is 6.42 Å². The molecule has 0 fully saturated rings. The van der Waals surface area contributed by atoms with Crippen LogP contribution in [0.5, 0.6) is 0 Å². The van der Waals surface area contributed by atoms with Crippen LogP contribution in [0.15, 0.2) is 54.6 Å². The molecule has 0 bridgehead atoms. The van der Waals surface area contributed by atoms with Gasteiger partial charge in [-0.3, -0.25) is 0 Å². The number of hydrogen-bond donors (Lipinski definition) is 0. The Labute approximate surface area is 101 Å². The zero-order valence-corrected chi connectivity index (χ0v) is 9.40. The Kier molecular flexibility index (Phi) is 1.70. The molecule has 0 nitrogen and oxygen atoms in total. The maximum absolute atomic E-state index is 3.31. The average molecular weight is 215 g/mol. The van der Waals surface area contributed by atoms with Gasteiger partial charge in [0.25, 0.3) is 0 Å². The Balaban J connectivity index is 2.17. The molecule has 0 heteroatoms.